The molecule has 0 saturated heterocycles. The van der Waals surface area contributed by atoms with Crippen molar-refractivity contribution in [2.75, 3.05) is 10.6 Å². The highest BCUT2D eigenvalue weighted by Crippen LogP contribution is 2.32. The Morgan fingerprint density at radius 1 is 1.20 bits per heavy atom. The lowest BCUT2D eigenvalue weighted by atomic mass is 10.1. The summed E-state index contributed by atoms with van der Waals surface area (Å²) in [6.07, 6.45) is 1.35. The van der Waals surface area contributed by atoms with Gasteiger partial charge < -0.3 is 10.6 Å². The lowest BCUT2D eigenvalue weighted by molar-refractivity contribution is -0.118. The minimum atomic E-state index is 0.146. The van der Waals surface area contributed by atoms with E-state index >= 15 is 0 Å². The van der Waals surface area contributed by atoms with Crippen molar-refractivity contribution in [1.82, 2.24) is 0 Å². The van der Waals surface area contributed by atoms with Crippen molar-refractivity contribution in [3.8, 4) is 0 Å². The normalized spacial score (nSPS) is 17.1. The van der Waals surface area contributed by atoms with Crippen LogP contribution in [-0.4, -0.2) is 11.9 Å². The smallest absolute Gasteiger partial charge is 0.231 e. The Labute approximate surface area is 119 Å². The van der Waals surface area contributed by atoms with E-state index in [1.165, 1.54) is 5.56 Å². The van der Waals surface area contributed by atoms with Crippen LogP contribution < -0.4 is 10.6 Å². The molecule has 0 aromatic heterocycles. The second-order valence-electron chi connectivity index (χ2n) is 5.36. The summed E-state index contributed by atoms with van der Waals surface area (Å²) in [4.78, 5) is 14.5. The van der Waals surface area contributed by atoms with Crippen LogP contribution in [0, 0.1) is 0 Å². The summed E-state index contributed by atoms with van der Waals surface area (Å²) in [7, 11) is 0. The fourth-order valence-corrected chi connectivity index (χ4v) is 2.84. The largest absolute Gasteiger partial charge is 0.399 e. The van der Waals surface area contributed by atoms with Crippen LogP contribution in [0.2, 0.25) is 0 Å². The molecule has 0 radical (unpaired) electrons. The first kappa shape index (κ1) is 12.7. The minimum Gasteiger partial charge on any atom is -0.399 e. The van der Waals surface area contributed by atoms with Crippen LogP contribution >= 0.6 is 0 Å². The number of nitrogens with two attached hydrogens (primary N) is 1. The van der Waals surface area contributed by atoms with E-state index in [1.54, 1.807) is 0 Å². The van der Waals surface area contributed by atoms with Crippen molar-refractivity contribution in [3.63, 3.8) is 0 Å². The Hall–Kier alpha value is -2.29. The second kappa shape index (κ2) is 5.00. The molecule has 1 unspecified atom stereocenters. The number of hydrogen-bond acceptors (Lipinski definition) is 2. The molecule has 0 spiro atoms. The standard InChI is InChI=1S/C17H18N2O/c1-12-10-14-4-2-3-5-16(14)19(12)17(20)11-13-6-8-15(18)9-7-13/h2-9,12H,10-11,18H2,1H3. The molecule has 1 heterocycles. The third-order valence-corrected chi connectivity index (χ3v) is 3.81. The molecule has 0 fully saturated rings. The molecule has 3 nitrogen and oxygen atoms in total. The number of amides is 1. The molecule has 1 aliphatic heterocycles. The number of fused-ring (bicyclic) bond motifs is 1. The number of benzene rings is 2. The van der Waals surface area contributed by atoms with E-state index in [0.717, 1.165) is 23.4 Å². The van der Waals surface area contributed by atoms with Gasteiger partial charge in [-0.25, -0.2) is 0 Å². The van der Waals surface area contributed by atoms with Gasteiger partial charge in [0.1, 0.15) is 0 Å². The highest BCUT2D eigenvalue weighted by Gasteiger charge is 2.30. The fourth-order valence-electron chi connectivity index (χ4n) is 2.84. The van der Waals surface area contributed by atoms with Gasteiger partial charge in [0, 0.05) is 17.4 Å². The molecule has 2 aromatic rings. The Balaban J connectivity index is 1.82. The van der Waals surface area contributed by atoms with Gasteiger partial charge in [0.05, 0.1) is 6.42 Å². The van der Waals surface area contributed by atoms with Gasteiger partial charge in [-0.1, -0.05) is 30.3 Å². The van der Waals surface area contributed by atoms with Gasteiger partial charge in [-0.3, -0.25) is 4.79 Å². The van der Waals surface area contributed by atoms with E-state index in [4.69, 9.17) is 5.73 Å². The first-order valence-electron chi connectivity index (χ1n) is 6.89. The number of anilines is 2. The molecule has 0 saturated carbocycles. The molecule has 1 atom stereocenters. The predicted octanol–water partition coefficient (Wildman–Crippen LogP) is 2.79. The van der Waals surface area contributed by atoms with Gasteiger partial charge >= 0.3 is 0 Å². The van der Waals surface area contributed by atoms with Crippen LogP contribution in [0.15, 0.2) is 48.5 Å². The Bertz CT molecular complexity index is 634. The lowest BCUT2D eigenvalue weighted by Crippen LogP contribution is -2.36. The Kier molecular flexibility index (Phi) is 3.18. The van der Waals surface area contributed by atoms with Gasteiger partial charge in [0.2, 0.25) is 5.91 Å². The number of carbonyl (C=O) groups excluding carboxylic acids is 1. The second-order valence-corrected chi connectivity index (χ2v) is 5.36. The lowest BCUT2D eigenvalue weighted by Gasteiger charge is -2.22. The number of nitrogen functional groups attached to an aromatic ring is 1. The third kappa shape index (κ3) is 2.27. The van der Waals surface area contributed by atoms with Gasteiger partial charge in [-0.15, -0.1) is 0 Å². The van der Waals surface area contributed by atoms with Crippen LogP contribution in [0.25, 0.3) is 0 Å². The molecule has 102 valence electrons. The van der Waals surface area contributed by atoms with E-state index < -0.39 is 0 Å². The van der Waals surface area contributed by atoms with Crippen molar-refractivity contribution in [2.24, 2.45) is 0 Å². The average molecular weight is 266 g/mol. The van der Waals surface area contributed by atoms with E-state index in [9.17, 15) is 4.79 Å². The molecule has 20 heavy (non-hydrogen) atoms. The maximum atomic E-state index is 12.6. The molecule has 0 bridgehead atoms. The quantitative estimate of drug-likeness (QED) is 0.850. The zero-order valence-corrected chi connectivity index (χ0v) is 11.5. The van der Waals surface area contributed by atoms with Crippen LogP contribution in [0.3, 0.4) is 0 Å². The summed E-state index contributed by atoms with van der Waals surface area (Å²) in [5, 5.41) is 0. The van der Waals surface area contributed by atoms with E-state index in [0.29, 0.717) is 6.42 Å². The molecule has 2 aromatic carbocycles. The molecular weight excluding hydrogens is 248 g/mol. The van der Waals surface area contributed by atoms with Crippen molar-refractivity contribution in [3.05, 3.63) is 59.7 Å². The SMILES string of the molecule is CC1Cc2ccccc2N1C(=O)Cc1ccc(N)cc1. The van der Waals surface area contributed by atoms with Crippen molar-refractivity contribution in [2.45, 2.75) is 25.8 Å². The topological polar surface area (TPSA) is 46.3 Å². The number of para-hydroxylation sites is 1. The number of carbonyl (C=O) groups is 1. The monoisotopic (exact) mass is 266 g/mol. The summed E-state index contributed by atoms with van der Waals surface area (Å²) in [5.41, 5.74) is 9.70. The molecule has 2 N–H and O–H groups in total. The van der Waals surface area contributed by atoms with Crippen LogP contribution in [0.4, 0.5) is 11.4 Å². The van der Waals surface area contributed by atoms with Gasteiger partial charge in [0.15, 0.2) is 0 Å². The fraction of sp³-hybridized carbons (Fsp3) is 0.235. The molecule has 1 aliphatic rings. The first-order valence-corrected chi connectivity index (χ1v) is 6.89. The maximum absolute atomic E-state index is 12.6. The number of rotatable bonds is 2. The summed E-state index contributed by atoms with van der Waals surface area (Å²) in [6.45, 7) is 2.10. The van der Waals surface area contributed by atoms with Crippen molar-refractivity contribution >= 4 is 17.3 Å². The van der Waals surface area contributed by atoms with Crippen LogP contribution in [0.5, 0.6) is 0 Å². The molecule has 1 amide bonds. The summed E-state index contributed by atoms with van der Waals surface area (Å²) < 4.78 is 0. The number of hydrogen-bond donors (Lipinski definition) is 1. The number of nitrogens with zero attached hydrogens (tertiary/aromatic N) is 1. The first-order chi connectivity index (χ1) is 9.65. The predicted molar refractivity (Wildman–Crippen MR) is 81.7 cm³/mol. The summed E-state index contributed by atoms with van der Waals surface area (Å²) >= 11 is 0. The zero-order valence-electron chi connectivity index (χ0n) is 11.5. The molecular formula is C17H18N2O. The molecule has 3 heteroatoms. The van der Waals surface area contributed by atoms with Gasteiger partial charge in [-0.05, 0) is 42.7 Å². The van der Waals surface area contributed by atoms with Crippen molar-refractivity contribution in [1.29, 1.82) is 0 Å². The maximum Gasteiger partial charge on any atom is 0.231 e. The van der Waals surface area contributed by atoms with E-state index in [1.807, 2.05) is 47.4 Å². The van der Waals surface area contributed by atoms with Crippen LogP contribution in [0.1, 0.15) is 18.1 Å². The average Bonchev–Trinajstić information content (AvgIpc) is 2.77. The van der Waals surface area contributed by atoms with E-state index in [-0.39, 0.29) is 11.9 Å². The summed E-state index contributed by atoms with van der Waals surface area (Å²) in [5.74, 6) is 0.146. The minimum absolute atomic E-state index is 0.146. The molecule has 3 rings (SSSR count). The Morgan fingerprint density at radius 2 is 1.90 bits per heavy atom. The van der Waals surface area contributed by atoms with Crippen molar-refractivity contribution < 1.29 is 4.79 Å². The third-order valence-electron chi connectivity index (χ3n) is 3.81. The highest BCUT2D eigenvalue weighted by molar-refractivity contribution is 5.97. The zero-order chi connectivity index (χ0) is 14.1. The highest BCUT2D eigenvalue weighted by atomic mass is 16.2. The Morgan fingerprint density at radius 3 is 2.65 bits per heavy atom. The van der Waals surface area contributed by atoms with Gasteiger partial charge in [0.25, 0.3) is 0 Å². The molecule has 0 aliphatic carbocycles. The van der Waals surface area contributed by atoms with E-state index in [2.05, 4.69) is 13.0 Å². The van der Waals surface area contributed by atoms with Gasteiger partial charge in [-0.2, -0.15) is 0 Å². The van der Waals surface area contributed by atoms with Crippen LogP contribution in [-0.2, 0) is 17.6 Å². The summed E-state index contributed by atoms with van der Waals surface area (Å²) in [6, 6.07) is 15.9.